The number of carbonyl (C=O) groups excluding carboxylic acids is 5. The van der Waals surface area contributed by atoms with Crippen molar-refractivity contribution in [2.24, 2.45) is 17.2 Å². The maximum absolute atomic E-state index is 12.6. The molecule has 31 heavy (non-hydrogen) atoms. The summed E-state index contributed by atoms with van der Waals surface area (Å²) in [6.45, 7) is -0.683. The molecule has 0 aromatic carbocycles. The number of nitrogens with zero attached hydrogens (tertiary/aromatic N) is 1. The number of aliphatic carboxylic acids is 1. The Kier molecular flexibility index (Phi) is 9.82. The van der Waals surface area contributed by atoms with Crippen LogP contribution in [0.25, 0.3) is 0 Å². The van der Waals surface area contributed by atoms with Crippen LogP contribution in [0.15, 0.2) is 0 Å². The zero-order valence-electron chi connectivity index (χ0n) is 16.8. The SMILES string of the molecule is NC(=O)CCC(NC(=O)C(N)CC(N)=O)C(=O)NC(CO)C(=O)N1CCCC1C(=O)O. The largest absolute Gasteiger partial charge is 0.480 e. The van der Waals surface area contributed by atoms with E-state index in [-0.39, 0.29) is 25.8 Å². The van der Waals surface area contributed by atoms with Crippen LogP contribution in [0.4, 0.5) is 0 Å². The Bertz CT molecular complexity index is 729. The second kappa shape index (κ2) is 11.8. The molecule has 1 fully saturated rings. The van der Waals surface area contributed by atoms with Gasteiger partial charge in [0.25, 0.3) is 0 Å². The lowest BCUT2D eigenvalue weighted by Gasteiger charge is -2.28. The summed E-state index contributed by atoms with van der Waals surface area (Å²) in [7, 11) is 0. The normalized spacial score (nSPS) is 18.5. The Hall–Kier alpha value is -3.26. The van der Waals surface area contributed by atoms with Crippen LogP contribution in [0, 0.1) is 0 Å². The number of carbonyl (C=O) groups is 6. The smallest absolute Gasteiger partial charge is 0.326 e. The van der Waals surface area contributed by atoms with Crippen LogP contribution in [0.2, 0.25) is 0 Å². The minimum Gasteiger partial charge on any atom is -0.480 e. The third-order valence-corrected chi connectivity index (χ3v) is 4.69. The van der Waals surface area contributed by atoms with Gasteiger partial charge >= 0.3 is 5.97 Å². The molecule has 1 aliphatic rings. The molecule has 0 bridgehead atoms. The average Bonchev–Trinajstić information content (AvgIpc) is 3.17. The number of hydrogen-bond acceptors (Lipinski definition) is 8. The van der Waals surface area contributed by atoms with Gasteiger partial charge < -0.3 is 42.9 Å². The Labute approximate surface area is 177 Å². The molecule has 1 rings (SSSR count). The maximum atomic E-state index is 12.6. The highest BCUT2D eigenvalue weighted by molar-refractivity contribution is 5.95. The van der Waals surface area contributed by atoms with Crippen molar-refractivity contribution < 1.29 is 39.0 Å². The molecule has 0 aliphatic carbocycles. The molecule has 14 nitrogen and oxygen atoms in total. The zero-order chi connectivity index (χ0) is 23.7. The van der Waals surface area contributed by atoms with E-state index in [9.17, 15) is 39.0 Å². The van der Waals surface area contributed by atoms with Gasteiger partial charge in [-0.3, -0.25) is 24.0 Å². The van der Waals surface area contributed by atoms with Gasteiger partial charge in [-0.15, -0.1) is 0 Å². The summed E-state index contributed by atoms with van der Waals surface area (Å²) in [5, 5.41) is 23.3. The number of hydrogen-bond donors (Lipinski definition) is 7. The van der Waals surface area contributed by atoms with Crippen LogP contribution < -0.4 is 27.8 Å². The van der Waals surface area contributed by atoms with Crippen molar-refractivity contribution in [2.75, 3.05) is 13.2 Å². The van der Waals surface area contributed by atoms with Crippen molar-refractivity contribution in [1.82, 2.24) is 15.5 Å². The lowest BCUT2D eigenvalue weighted by atomic mass is 10.1. The van der Waals surface area contributed by atoms with E-state index in [1.54, 1.807) is 0 Å². The van der Waals surface area contributed by atoms with Crippen LogP contribution in [0.5, 0.6) is 0 Å². The zero-order valence-corrected chi connectivity index (χ0v) is 16.8. The molecule has 1 heterocycles. The number of carboxylic acid groups (broad SMARTS) is 1. The summed E-state index contributed by atoms with van der Waals surface area (Å²) in [5.74, 6) is -5.44. The first kappa shape index (κ1) is 25.8. The predicted octanol–water partition coefficient (Wildman–Crippen LogP) is -4.51. The Morgan fingerprint density at radius 2 is 1.61 bits per heavy atom. The van der Waals surface area contributed by atoms with Gasteiger partial charge in [0.1, 0.15) is 18.1 Å². The van der Waals surface area contributed by atoms with E-state index in [0.29, 0.717) is 6.42 Å². The van der Waals surface area contributed by atoms with Crippen LogP contribution >= 0.6 is 0 Å². The van der Waals surface area contributed by atoms with Crippen molar-refractivity contribution in [1.29, 1.82) is 0 Å². The van der Waals surface area contributed by atoms with Crippen LogP contribution in [0.3, 0.4) is 0 Å². The summed E-state index contributed by atoms with van der Waals surface area (Å²) in [6, 6.07) is -5.26. The van der Waals surface area contributed by atoms with Gasteiger partial charge in [-0.25, -0.2) is 4.79 Å². The number of nitrogens with one attached hydrogen (secondary N) is 2. The first-order valence-corrected chi connectivity index (χ1v) is 9.55. The van der Waals surface area contributed by atoms with Gasteiger partial charge in [-0.05, 0) is 19.3 Å². The molecule has 1 aliphatic heterocycles. The first-order valence-electron chi connectivity index (χ1n) is 9.55. The molecule has 0 spiro atoms. The molecular formula is C17H28N6O8. The quantitative estimate of drug-likeness (QED) is 0.153. The van der Waals surface area contributed by atoms with Gasteiger partial charge in [0.05, 0.1) is 19.1 Å². The van der Waals surface area contributed by atoms with Crippen LogP contribution in [-0.4, -0.2) is 87.9 Å². The Balaban J connectivity index is 2.89. The molecule has 0 saturated carbocycles. The summed E-state index contributed by atoms with van der Waals surface area (Å²) >= 11 is 0. The molecule has 4 atom stereocenters. The monoisotopic (exact) mass is 444 g/mol. The number of aliphatic hydroxyl groups is 1. The highest BCUT2D eigenvalue weighted by atomic mass is 16.4. The van der Waals surface area contributed by atoms with Gasteiger partial charge in [0, 0.05) is 13.0 Å². The number of aliphatic hydroxyl groups excluding tert-OH is 1. The van der Waals surface area contributed by atoms with E-state index < -0.39 is 72.7 Å². The molecule has 174 valence electrons. The standard InChI is InChI=1S/C17H28N6O8/c18-8(6-13(20)26)14(27)21-9(3-4-12(19)25)15(28)22-10(7-24)16(29)23-5-1-2-11(23)17(30)31/h8-11,24H,1-7,18H2,(H2,19,25)(H2,20,26)(H,21,27)(H,22,28)(H,30,31). The van der Waals surface area contributed by atoms with E-state index in [2.05, 4.69) is 10.6 Å². The fourth-order valence-corrected chi connectivity index (χ4v) is 3.09. The van der Waals surface area contributed by atoms with E-state index in [0.717, 1.165) is 4.90 Å². The summed E-state index contributed by atoms with van der Waals surface area (Å²) in [4.78, 5) is 71.7. The topological polar surface area (TPSA) is 248 Å². The van der Waals surface area contributed by atoms with Crippen molar-refractivity contribution in [3.05, 3.63) is 0 Å². The van der Waals surface area contributed by atoms with E-state index in [1.807, 2.05) is 0 Å². The molecule has 0 aromatic rings. The molecule has 5 amide bonds. The molecular weight excluding hydrogens is 416 g/mol. The number of primary amides is 2. The van der Waals surface area contributed by atoms with Crippen LogP contribution in [0.1, 0.15) is 32.1 Å². The number of amides is 5. The fraction of sp³-hybridized carbons (Fsp3) is 0.647. The Morgan fingerprint density at radius 1 is 1.00 bits per heavy atom. The van der Waals surface area contributed by atoms with Crippen LogP contribution in [-0.2, 0) is 28.8 Å². The highest BCUT2D eigenvalue weighted by Gasteiger charge is 2.38. The second-order valence-electron chi connectivity index (χ2n) is 7.11. The average molecular weight is 444 g/mol. The summed E-state index contributed by atoms with van der Waals surface area (Å²) < 4.78 is 0. The van der Waals surface area contributed by atoms with Crippen molar-refractivity contribution in [3.8, 4) is 0 Å². The first-order chi connectivity index (χ1) is 14.5. The third kappa shape index (κ3) is 7.82. The van der Waals surface area contributed by atoms with Crippen molar-refractivity contribution in [2.45, 2.75) is 56.3 Å². The minimum atomic E-state index is -1.47. The summed E-state index contributed by atoms with van der Waals surface area (Å²) in [6.07, 6.45) is -0.344. The maximum Gasteiger partial charge on any atom is 0.326 e. The Morgan fingerprint density at radius 3 is 2.13 bits per heavy atom. The number of likely N-dealkylation sites (tertiary alicyclic amines) is 1. The summed E-state index contributed by atoms with van der Waals surface area (Å²) in [5.41, 5.74) is 15.6. The van der Waals surface area contributed by atoms with E-state index in [4.69, 9.17) is 17.2 Å². The molecule has 1 saturated heterocycles. The van der Waals surface area contributed by atoms with Crippen molar-refractivity contribution in [3.63, 3.8) is 0 Å². The minimum absolute atomic E-state index is 0.145. The van der Waals surface area contributed by atoms with Gasteiger partial charge in [0.15, 0.2) is 0 Å². The lowest BCUT2D eigenvalue weighted by molar-refractivity contribution is -0.150. The fourth-order valence-electron chi connectivity index (χ4n) is 3.09. The third-order valence-electron chi connectivity index (χ3n) is 4.69. The molecule has 4 unspecified atom stereocenters. The second-order valence-corrected chi connectivity index (χ2v) is 7.11. The van der Waals surface area contributed by atoms with Crippen molar-refractivity contribution >= 4 is 35.5 Å². The lowest BCUT2D eigenvalue weighted by Crippen LogP contribution is -2.58. The van der Waals surface area contributed by atoms with Gasteiger partial charge in [0.2, 0.25) is 29.5 Å². The van der Waals surface area contributed by atoms with E-state index in [1.165, 1.54) is 0 Å². The van der Waals surface area contributed by atoms with E-state index >= 15 is 0 Å². The highest BCUT2D eigenvalue weighted by Crippen LogP contribution is 2.18. The molecule has 0 aromatic heterocycles. The number of rotatable bonds is 12. The molecule has 10 N–H and O–H groups in total. The molecule has 0 radical (unpaired) electrons. The van der Waals surface area contributed by atoms with Gasteiger partial charge in [-0.2, -0.15) is 0 Å². The van der Waals surface area contributed by atoms with Gasteiger partial charge in [-0.1, -0.05) is 0 Å². The molecule has 14 heteroatoms. The predicted molar refractivity (Wildman–Crippen MR) is 104 cm³/mol. The number of carboxylic acids is 1. The number of nitrogens with two attached hydrogens (primary N) is 3.